The quantitative estimate of drug-likeness (QED) is 0.861. The number of nitrogens with one attached hydrogen (secondary N) is 1. The predicted octanol–water partition coefficient (Wildman–Crippen LogP) is 3.18. The Morgan fingerprint density at radius 2 is 1.89 bits per heavy atom. The maximum atomic E-state index is 12.3. The highest BCUT2D eigenvalue weighted by molar-refractivity contribution is 7.91. The highest BCUT2D eigenvalue weighted by Gasteiger charge is 2.32. The number of sulfonamides is 1. The zero-order valence-corrected chi connectivity index (χ0v) is 12.7. The molecule has 1 aromatic heterocycles. The number of benzene rings is 1. The second-order valence-corrected chi connectivity index (χ2v) is 7.49. The topological polar surface area (TPSA) is 46.2 Å². The lowest BCUT2D eigenvalue weighted by Gasteiger charge is -2.28. The third kappa shape index (κ3) is 3.17. The molecule has 0 spiro atoms. The monoisotopic (exact) mass is 315 g/mol. The summed E-state index contributed by atoms with van der Waals surface area (Å²) in [6, 6.07) is 12.6. The van der Waals surface area contributed by atoms with Crippen LogP contribution in [0.25, 0.3) is 0 Å². The average Bonchev–Trinajstić information content (AvgIpc) is 2.94. The van der Waals surface area contributed by atoms with Gasteiger partial charge in [0.15, 0.2) is 0 Å². The van der Waals surface area contributed by atoms with Gasteiger partial charge in [0.2, 0.25) is 0 Å². The molecule has 1 unspecified atom stereocenters. The summed E-state index contributed by atoms with van der Waals surface area (Å²) in [5.74, 6) is 0.154. The first-order valence-corrected chi connectivity index (χ1v) is 8.57. The first-order valence-electron chi connectivity index (χ1n) is 5.67. The van der Waals surface area contributed by atoms with Crippen molar-refractivity contribution in [1.29, 1.82) is 0 Å². The van der Waals surface area contributed by atoms with Crippen LogP contribution in [0.2, 0.25) is 0 Å². The van der Waals surface area contributed by atoms with Crippen LogP contribution in [0.1, 0.15) is 12.5 Å². The zero-order valence-electron chi connectivity index (χ0n) is 10.3. The molecule has 0 aliphatic rings. The minimum atomic E-state index is -3.55. The van der Waals surface area contributed by atoms with Crippen molar-refractivity contribution in [2.45, 2.75) is 16.7 Å². The Morgan fingerprint density at radius 1 is 1.21 bits per heavy atom. The number of halogens is 1. The maximum absolute atomic E-state index is 12.3. The standard InChI is InChI=1S/C13H14ClNO2S2/c1-13(10-14,11-6-3-2-4-7-11)15-19(16,17)12-8-5-9-18-12/h2-9,15H,10H2,1H3. The fourth-order valence-electron chi connectivity index (χ4n) is 1.73. The van der Waals surface area contributed by atoms with Gasteiger partial charge < -0.3 is 0 Å². The van der Waals surface area contributed by atoms with E-state index in [0.29, 0.717) is 4.21 Å². The van der Waals surface area contributed by atoms with Crippen molar-refractivity contribution in [3.05, 3.63) is 53.4 Å². The number of alkyl halides is 1. The van der Waals surface area contributed by atoms with E-state index in [0.717, 1.165) is 5.56 Å². The molecule has 0 amide bonds. The minimum absolute atomic E-state index is 0.154. The summed E-state index contributed by atoms with van der Waals surface area (Å²) in [4.78, 5) is 0. The Kier molecular flexibility index (Phi) is 4.30. The summed E-state index contributed by atoms with van der Waals surface area (Å²) in [5, 5.41) is 1.73. The van der Waals surface area contributed by atoms with E-state index in [9.17, 15) is 8.42 Å². The van der Waals surface area contributed by atoms with Gasteiger partial charge in [-0.25, -0.2) is 8.42 Å². The smallest absolute Gasteiger partial charge is 0.206 e. The van der Waals surface area contributed by atoms with Crippen molar-refractivity contribution in [2.24, 2.45) is 0 Å². The molecular weight excluding hydrogens is 302 g/mol. The molecule has 19 heavy (non-hydrogen) atoms. The Balaban J connectivity index is 2.35. The van der Waals surface area contributed by atoms with Crippen molar-refractivity contribution >= 4 is 33.0 Å². The third-order valence-corrected chi connectivity index (χ3v) is 6.33. The van der Waals surface area contributed by atoms with Crippen molar-refractivity contribution < 1.29 is 8.42 Å². The van der Waals surface area contributed by atoms with Crippen LogP contribution in [0.15, 0.2) is 52.1 Å². The molecule has 3 nitrogen and oxygen atoms in total. The molecule has 1 heterocycles. The molecule has 0 bridgehead atoms. The van der Waals surface area contributed by atoms with Crippen LogP contribution >= 0.6 is 22.9 Å². The highest BCUT2D eigenvalue weighted by atomic mass is 35.5. The van der Waals surface area contributed by atoms with Gasteiger partial charge in [0.1, 0.15) is 4.21 Å². The molecule has 2 rings (SSSR count). The number of thiophene rings is 1. The molecule has 0 saturated heterocycles. The Labute approximate surface area is 122 Å². The van der Waals surface area contributed by atoms with Crippen LogP contribution in [-0.2, 0) is 15.6 Å². The van der Waals surface area contributed by atoms with E-state index in [1.165, 1.54) is 11.3 Å². The second kappa shape index (κ2) is 5.63. The van der Waals surface area contributed by atoms with Crippen LogP contribution in [0, 0.1) is 0 Å². The lowest BCUT2D eigenvalue weighted by atomic mass is 9.96. The van der Waals surface area contributed by atoms with Gasteiger partial charge in [-0.05, 0) is 23.9 Å². The van der Waals surface area contributed by atoms with E-state index in [1.54, 1.807) is 24.4 Å². The van der Waals surface area contributed by atoms with Crippen LogP contribution < -0.4 is 4.72 Å². The molecule has 0 aliphatic carbocycles. The minimum Gasteiger partial charge on any atom is -0.206 e. The van der Waals surface area contributed by atoms with Crippen molar-refractivity contribution in [3.63, 3.8) is 0 Å². The van der Waals surface area contributed by atoms with Crippen LogP contribution in [-0.4, -0.2) is 14.3 Å². The van der Waals surface area contributed by atoms with E-state index in [-0.39, 0.29) is 5.88 Å². The molecule has 0 saturated carbocycles. The summed E-state index contributed by atoms with van der Waals surface area (Å²) in [6.45, 7) is 1.78. The molecule has 0 fully saturated rings. The Hall–Kier alpha value is -0.880. The zero-order chi connectivity index (χ0) is 13.9. The summed E-state index contributed by atoms with van der Waals surface area (Å²) in [7, 11) is -3.55. The SMILES string of the molecule is CC(CCl)(NS(=O)(=O)c1cccs1)c1ccccc1. The fourth-order valence-corrected chi connectivity index (χ4v) is 4.42. The Morgan fingerprint density at radius 3 is 2.42 bits per heavy atom. The first-order chi connectivity index (χ1) is 8.98. The van der Waals surface area contributed by atoms with Crippen molar-refractivity contribution in [2.75, 3.05) is 5.88 Å². The van der Waals surface area contributed by atoms with E-state index < -0.39 is 15.6 Å². The summed E-state index contributed by atoms with van der Waals surface area (Å²) in [5.41, 5.74) is 0.0103. The van der Waals surface area contributed by atoms with E-state index in [1.807, 2.05) is 30.3 Å². The van der Waals surface area contributed by atoms with Gasteiger partial charge in [-0.1, -0.05) is 36.4 Å². The highest BCUT2D eigenvalue weighted by Crippen LogP contribution is 2.26. The normalized spacial score (nSPS) is 15.1. The largest absolute Gasteiger partial charge is 0.250 e. The number of hydrogen-bond donors (Lipinski definition) is 1. The third-order valence-electron chi connectivity index (χ3n) is 2.80. The molecule has 1 atom stereocenters. The fraction of sp³-hybridized carbons (Fsp3) is 0.231. The molecular formula is C13H14ClNO2S2. The van der Waals surface area contributed by atoms with Gasteiger partial charge in [0.05, 0.1) is 5.54 Å². The van der Waals surface area contributed by atoms with E-state index >= 15 is 0 Å². The number of hydrogen-bond acceptors (Lipinski definition) is 3. The lowest BCUT2D eigenvalue weighted by molar-refractivity contribution is 0.478. The summed E-state index contributed by atoms with van der Waals surface area (Å²) < 4.78 is 27.5. The molecule has 1 N–H and O–H groups in total. The van der Waals surface area contributed by atoms with Gasteiger partial charge in [-0.3, -0.25) is 0 Å². The van der Waals surface area contributed by atoms with Crippen LogP contribution in [0.5, 0.6) is 0 Å². The molecule has 2 aromatic rings. The lowest BCUT2D eigenvalue weighted by Crippen LogP contribution is -2.44. The molecule has 102 valence electrons. The first kappa shape index (κ1) is 14.5. The second-order valence-electron chi connectivity index (χ2n) is 4.37. The van der Waals surface area contributed by atoms with Gasteiger partial charge in [-0.15, -0.1) is 22.9 Å². The van der Waals surface area contributed by atoms with Crippen LogP contribution in [0.3, 0.4) is 0 Å². The van der Waals surface area contributed by atoms with Crippen LogP contribution in [0.4, 0.5) is 0 Å². The molecule has 0 aliphatic heterocycles. The van der Waals surface area contributed by atoms with Crippen molar-refractivity contribution in [3.8, 4) is 0 Å². The predicted molar refractivity (Wildman–Crippen MR) is 79.2 cm³/mol. The van der Waals surface area contributed by atoms with Crippen molar-refractivity contribution in [1.82, 2.24) is 4.72 Å². The number of rotatable bonds is 5. The molecule has 6 heteroatoms. The summed E-state index contributed by atoms with van der Waals surface area (Å²) >= 11 is 7.17. The van der Waals surface area contributed by atoms with Gasteiger partial charge in [-0.2, -0.15) is 4.72 Å². The van der Waals surface area contributed by atoms with E-state index in [4.69, 9.17) is 11.6 Å². The van der Waals surface area contributed by atoms with Gasteiger partial charge >= 0.3 is 0 Å². The van der Waals surface area contributed by atoms with E-state index in [2.05, 4.69) is 4.72 Å². The average molecular weight is 316 g/mol. The van der Waals surface area contributed by atoms with Gasteiger partial charge in [0.25, 0.3) is 10.0 Å². The summed E-state index contributed by atoms with van der Waals surface area (Å²) in [6.07, 6.45) is 0. The maximum Gasteiger partial charge on any atom is 0.250 e. The molecule has 1 aromatic carbocycles. The Bertz CT molecular complexity index is 626. The van der Waals surface area contributed by atoms with Gasteiger partial charge in [0, 0.05) is 5.88 Å². The molecule has 0 radical (unpaired) electrons.